The molecule has 5 nitrogen and oxygen atoms in total. The topological polar surface area (TPSA) is 75.8 Å². The number of imidazole rings is 1. The Kier molecular flexibility index (Phi) is 3.25. The first kappa shape index (κ1) is 14.1. The summed E-state index contributed by atoms with van der Waals surface area (Å²) in [5, 5.41) is 9.00. The van der Waals surface area contributed by atoms with Gasteiger partial charge in [-0.3, -0.25) is 0 Å². The van der Waals surface area contributed by atoms with Gasteiger partial charge in [0.2, 0.25) is 0 Å². The summed E-state index contributed by atoms with van der Waals surface area (Å²) in [6, 6.07) is 7.75. The Balaban J connectivity index is 2.18. The van der Waals surface area contributed by atoms with E-state index in [1.165, 1.54) is 0 Å². The van der Waals surface area contributed by atoms with Gasteiger partial charge >= 0.3 is 0 Å². The summed E-state index contributed by atoms with van der Waals surface area (Å²) in [6.07, 6.45) is 0.628. The summed E-state index contributed by atoms with van der Waals surface area (Å²) in [7, 11) is -2.94. The Morgan fingerprint density at radius 2 is 2.19 bits per heavy atom. The van der Waals surface area contributed by atoms with Crippen LogP contribution >= 0.6 is 0 Å². The SMILES string of the molecule is CC(C)n1c(C2CCS(=O)(=O)C2)nc2cc(C#N)ccc21. The van der Waals surface area contributed by atoms with Gasteiger partial charge in [0.25, 0.3) is 0 Å². The predicted molar refractivity (Wildman–Crippen MR) is 80.8 cm³/mol. The van der Waals surface area contributed by atoms with Crippen molar-refractivity contribution < 1.29 is 8.42 Å². The minimum Gasteiger partial charge on any atom is -0.325 e. The molecule has 2 aromatic rings. The fraction of sp³-hybridized carbons (Fsp3) is 0.467. The van der Waals surface area contributed by atoms with Crippen LogP contribution in [-0.2, 0) is 9.84 Å². The highest BCUT2D eigenvalue weighted by Gasteiger charge is 2.33. The van der Waals surface area contributed by atoms with Crippen LogP contribution in [0.5, 0.6) is 0 Å². The van der Waals surface area contributed by atoms with E-state index in [0.29, 0.717) is 12.0 Å². The quantitative estimate of drug-likeness (QED) is 0.853. The van der Waals surface area contributed by atoms with Crippen LogP contribution in [0.25, 0.3) is 11.0 Å². The maximum atomic E-state index is 11.7. The molecule has 1 unspecified atom stereocenters. The monoisotopic (exact) mass is 303 g/mol. The average Bonchev–Trinajstić information content (AvgIpc) is 2.97. The predicted octanol–water partition coefficient (Wildman–Crippen LogP) is 2.39. The molecule has 0 saturated carbocycles. The first-order valence-corrected chi connectivity index (χ1v) is 8.86. The first-order valence-electron chi connectivity index (χ1n) is 7.03. The highest BCUT2D eigenvalue weighted by molar-refractivity contribution is 7.91. The zero-order valence-corrected chi connectivity index (χ0v) is 12.9. The van der Waals surface area contributed by atoms with E-state index in [9.17, 15) is 8.42 Å². The summed E-state index contributed by atoms with van der Waals surface area (Å²) in [5.41, 5.74) is 2.30. The van der Waals surface area contributed by atoms with Crippen molar-refractivity contribution in [2.45, 2.75) is 32.2 Å². The van der Waals surface area contributed by atoms with Crippen LogP contribution in [0.3, 0.4) is 0 Å². The van der Waals surface area contributed by atoms with E-state index >= 15 is 0 Å². The summed E-state index contributed by atoms with van der Waals surface area (Å²) in [5.74, 6) is 1.20. The summed E-state index contributed by atoms with van der Waals surface area (Å²) < 4.78 is 25.6. The lowest BCUT2D eigenvalue weighted by Gasteiger charge is -2.16. The molecule has 1 aliphatic heterocycles. The van der Waals surface area contributed by atoms with E-state index in [-0.39, 0.29) is 23.5 Å². The van der Waals surface area contributed by atoms with Gasteiger partial charge in [-0.2, -0.15) is 5.26 Å². The molecule has 0 N–H and O–H groups in total. The Hall–Kier alpha value is -1.87. The fourth-order valence-electron chi connectivity index (χ4n) is 3.02. The third-order valence-corrected chi connectivity index (χ3v) is 5.73. The normalized spacial score (nSPS) is 21.0. The Bertz CT molecular complexity index is 844. The van der Waals surface area contributed by atoms with Gasteiger partial charge in [-0.15, -0.1) is 0 Å². The lowest BCUT2D eigenvalue weighted by molar-refractivity contribution is 0.553. The number of aromatic nitrogens is 2. The van der Waals surface area contributed by atoms with Crippen molar-refractivity contribution in [2.24, 2.45) is 0 Å². The van der Waals surface area contributed by atoms with Crippen molar-refractivity contribution in [3.8, 4) is 6.07 Å². The Morgan fingerprint density at radius 1 is 1.43 bits per heavy atom. The molecule has 0 bridgehead atoms. The third-order valence-electron chi connectivity index (χ3n) is 3.96. The van der Waals surface area contributed by atoms with Crippen molar-refractivity contribution >= 4 is 20.9 Å². The standard InChI is InChI=1S/C15H17N3O2S/c1-10(2)18-14-4-3-11(8-16)7-13(14)17-15(18)12-5-6-21(19,20)9-12/h3-4,7,10,12H,5-6,9H2,1-2H3. The molecule has 110 valence electrons. The van der Waals surface area contributed by atoms with Gasteiger partial charge in [0.1, 0.15) is 5.82 Å². The van der Waals surface area contributed by atoms with Crippen LogP contribution in [0.2, 0.25) is 0 Å². The van der Waals surface area contributed by atoms with Crippen molar-refractivity contribution in [3.63, 3.8) is 0 Å². The van der Waals surface area contributed by atoms with E-state index in [2.05, 4.69) is 29.5 Å². The molecule has 0 amide bonds. The maximum absolute atomic E-state index is 11.7. The molecule has 1 fully saturated rings. The first-order chi connectivity index (χ1) is 9.91. The van der Waals surface area contributed by atoms with Gasteiger partial charge in [0, 0.05) is 12.0 Å². The van der Waals surface area contributed by atoms with Crippen LogP contribution in [-0.4, -0.2) is 29.5 Å². The largest absolute Gasteiger partial charge is 0.325 e. The molecule has 3 rings (SSSR count). The van der Waals surface area contributed by atoms with Crippen molar-refractivity contribution in [1.29, 1.82) is 5.26 Å². The minimum atomic E-state index is -2.94. The molecule has 0 radical (unpaired) electrons. The number of hydrogen-bond donors (Lipinski definition) is 0. The lowest BCUT2D eigenvalue weighted by atomic mass is 10.1. The van der Waals surface area contributed by atoms with E-state index < -0.39 is 9.84 Å². The second kappa shape index (κ2) is 4.85. The second-order valence-corrected chi connectivity index (χ2v) is 8.08. The van der Waals surface area contributed by atoms with E-state index in [1.54, 1.807) is 12.1 Å². The third kappa shape index (κ3) is 2.42. The molecule has 0 aliphatic carbocycles. The number of sulfone groups is 1. The minimum absolute atomic E-state index is 0.0460. The fourth-order valence-corrected chi connectivity index (χ4v) is 4.76. The maximum Gasteiger partial charge on any atom is 0.151 e. The Morgan fingerprint density at radius 3 is 2.76 bits per heavy atom. The van der Waals surface area contributed by atoms with E-state index in [0.717, 1.165) is 16.9 Å². The molecule has 0 spiro atoms. The van der Waals surface area contributed by atoms with Gasteiger partial charge in [0.15, 0.2) is 9.84 Å². The average molecular weight is 303 g/mol. The number of fused-ring (bicyclic) bond motifs is 1. The molecule has 21 heavy (non-hydrogen) atoms. The van der Waals surface area contributed by atoms with Crippen LogP contribution in [0.1, 0.15) is 43.6 Å². The zero-order chi connectivity index (χ0) is 15.2. The second-order valence-electron chi connectivity index (χ2n) is 5.85. The highest BCUT2D eigenvalue weighted by atomic mass is 32.2. The van der Waals surface area contributed by atoms with Crippen LogP contribution in [0.4, 0.5) is 0 Å². The highest BCUT2D eigenvalue weighted by Crippen LogP contribution is 2.33. The number of rotatable bonds is 2. The molecule has 6 heteroatoms. The summed E-state index contributed by atoms with van der Waals surface area (Å²) >= 11 is 0. The lowest BCUT2D eigenvalue weighted by Crippen LogP contribution is -2.12. The zero-order valence-electron chi connectivity index (χ0n) is 12.1. The molecule has 1 atom stereocenters. The van der Waals surface area contributed by atoms with Gasteiger partial charge in [0.05, 0.1) is 34.2 Å². The van der Waals surface area contributed by atoms with Gasteiger partial charge in [-0.05, 0) is 38.5 Å². The van der Waals surface area contributed by atoms with Crippen molar-refractivity contribution in [1.82, 2.24) is 9.55 Å². The van der Waals surface area contributed by atoms with Crippen molar-refractivity contribution in [3.05, 3.63) is 29.6 Å². The van der Waals surface area contributed by atoms with Gasteiger partial charge in [-0.25, -0.2) is 13.4 Å². The molecule has 1 aromatic carbocycles. The number of nitriles is 1. The van der Waals surface area contributed by atoms with Crippen LogP contribution in [0.15, 0.2) is 18.2 Å². The number of nitrogens with zero attached hydrogens (tertiary/aromatic N) is 3. The van der Waals surface area contributed by atoms with Crippen molar-refractivity contribution in [2.75, 3.05) is 11.5 Å². The molecule has 2 heterocycles. The van der Waals surface area contributed by atoms with Gasteiger partial charge in [-0.1, -0.05) is 0 Å². The van der Waals surface area contributed by atoms with Crippen LogP contribution < -0.4 is 0 Å². The number of benzene rings is 1. The van der Waals surface area contributed by atoms with E-state index in [1.807, 2.05) is 6.07 Å². The van der Waals surface area contributed by atoms with E-state index in [4.69, 9.17) is 5.26 Å². The molecule has 1 aromatic heterocycles. The summed E-state index contributed by atoms with van der Waals surface area (Å²) in [4.78, 5) is 4.64. The summed E-state index contributed by atoms with van der Waals surface area (Å²) in [6.45, 7) is 4.12. The smallest absolute Gasteiger partial charge is 0.151 e. The molecule has 1 aliphatic rings. The Labute approximate surface area is 124 Å². The number of hydrogen-bond acceptors (Lipinski definition) is 4. The van der Waals surface area contributed by atoms with Gasteiger partial charge < -0.3 is 4.57 Å². The molecular weight excluding hydrogens is 286 g/mol. The molecular formula is C15H17N3O2S. The molecule has 1 saturated heterocycles. The van der Waals surface area contributed by atoms with Crippen LogP contribution in [0, 0.1) is 11.3 Å².